The van der Waals surface area contributed by atoms with E-state index in [1.807, 2.05) is 0 Å². The summed E-state index contributed by atoms with van der Waals surface area (Å²) in [6, 6.07) is 1.65. The number of thiophene rings is 1. The van der Waals surface area contributed by atoms with Crippen molar-refractivity contribution in [3.63, 3.8) is 0 Å². The number of carbonyl (C=O) groups excluding carboxylic acids is 1. The molecule has 0 saturated carbocycles. The van der Waals surface area contributed by atoms with E-state index in [1.165, 1.54) is 11.3 Å². The molecular weight excluding hydrogens is 122 g/mol. The third-order valence-corrected chi connectivity index (χ3v) is 1.63. The molecular formula is C5H5NOS. The first-order chi connectivity index (χ1) is 3.83. The molecule has 0 atom stereocenters. The fraction of sp³-hybridized carbons (Fsp3) is 0. The van der Waals surface area contributed by atoms with E-state index in [9.17, 15) is 4.79 Å². The van der Waals surface area contributed by atoms with Crippen LogP contribution < -0.4 is 5.73 Å². The first kappa shape index (κ1) is 5.31. The van der Waals surface area contributed by atoms with Crippen molar-refractivity contribution >= 4 is 23.3 Å². The van der Waals surface area contributed by atoms with Crippen molar-refractivity contribution < 1.29 is 4.79 Å². The minimum Gasteiger partial charge on any atom is -0.398 e. The Bertz CT molecular complexity index is 194. The molecule has 0 aliphatic carbocycles. The number of nitrogens with two attached hydrogens (primary N) is 1. The van der Waals surface area contributed by atoms with Gasteiger partial charge in [0.05, 0.1) is 4.88 Å². The van der Waals surface area contributed by atoms with E-state index in [0.717, 1.165) is 6.29 Å². The van der Waals surface area contributed by atoms with Crippen molar-refractivity contribution in [3.05, 3.63) is 16.3 Å². The van der Waals surface area contributed by atoms with Crippen LogP contribution in [0.2, 0.25) is 0 Å². The zero-order valence-electron chi connectivity index (χ0n) is 4.13. The molecule has 0 aliphatic heterocycles. The second-order valence-electron chi connectivity index (χ2n) is 1.40. The van der Waals surface area contributed by atoms with E-state index in [-0.39, 0.29) is 0 Å². The lowest BCUT2D eigenvalue weighted by atomic mass is 10.5. The molecule has 0 radical (unpaired) electrons. The van der Waals surface area contributed by atoms with Gasteiger partial charge in [0.1, 0.15) is 0 Å². The van der Waals surface area contributed by atoms with Gasteiger partial charge in [0, 0.05) is 11.1 Å². The van der Waals surface area contributed by atoms with Crippen molar-refractivity contribution in [1.29, 1.82) is 0 Å². The molecule has 2 N–H and O–H groups in total. The highest BCUT2D eigenvalue weighted by molar-refractivity contribution is 7.12. The van der Waals surface area contributed by atoms with Crippen LogP contribution in [-0.4, -0.2) is 6.29 Å². The van der Waals surface area contributed by atoms with Gasteiger partial charge < -0.3 is 5.73 Å². The SMILES string of the molecule is Nc1csc(C=O)c1. The first-order valence-electron chi connectivity index (χ1n) is 2.12. The van der Waals surface area contributed by atoms with E-state index in [1.54, 1.807) is 11.4 Å². The fourth-order valence-electron chi connectivity index (χ4n) is 0.430. The lowest BCUT2D eigenvalue weighted by molar-refractivity contribution is 0.112. The van der Waals surface area contributed by atoms with Crippen LogP contribution in [0.1, 0.15) is 9.67 Å². The van der Waals surface area contributed by atoms with Crippen LogP contribution in [0.3, 0.4) is 0 Å². The molecule has 8 heavy (non-hydrogen) atoms. The summed E-state index contributed by atoms with van der Waals surface area (Å²) in [5.41, 5.74) is 5.97. The number of aldehydes is 1. The van der Waals surface area contributed by atoms with Crippen LogP contribution in [0.25, 0.3) is 0 Å². The van der Waals surface area contributed by atoms with Gasteiger partial charge >= 0.3 is 0 Å². The van der Waals surface area contributed by atoms with Crippen molar-refractivity contribution in [2.75, 3.05) is 5.73 Å². The molecule has 3 heteroatoms. The maximum atomic E-state index is 9.97. The number of hydrogen-bond acceptors (Lipinski definition) is 3. The summed E-state index contributed by atoms with van der Waals surface area (Å²) in [6.07, 6.45) is 0.793. The Hall–Kier alpha value is -0.830. The molecule has 1 aromatic heterocycles. The van der Waals surface area contributed by atoms with Crippen LogP contribution in [0.5, 0.6) is 0 Å². The van der Waals surface area contributed by atoms with Crippen LogP contribution in [0, 0.1) is 0 Å². The monoisotopic (exact) mass is 127 g/mol. The second-order valence-corrected chi connectivity index (χ2v) is 2.34. The van der Waals surface area contributed by atoms with E-state index >= 15 is 0 Å². The molecule has 1 aromatic rings. The average Bonchev–Trinajstić information content (AvgIpc) is 2.14. The van der Waals surface area contributed by atoms with Gasteiger partial charge in [0.25, 0.3) is 0 Å². The summed E-state index contributed by atoms with van der Waals surface area (Å²) in [4.78, 5) is 10.7. The van der Waals surface area contributed by atoms with Crippen molar-refractivity contribution in [2.24, 2.45) is 0 Å². The largest absolute Gasteiger partial charge is 0.398 e. The van der Waals surface area contributed by atoms with E-state index in [2.05, 4.69) is 0 Å². The van der Waals surface area contributed by atoms with Gasteiger partial charge in [-0.15, -0.1) is 11.3 Å². The van der Waals surface area contributed by atoms with Crippen molar-refractivity contribution in [3.8, 4) is 0 Å². The summed E-state index contributed by atoms with van der Waals surface area (Å²) in [6.45, 7) is 0. The molecule has 0 fully saturated rings. The zero-order valence-corrected chi connectivity index (χ0v) is 4.94. The number of anilines is 1. The Kier molecular flexibility index (Phi) is 1.30. The molecule has 0 aromatic carbocycles. The molecule has 0 saturated heterocycles. The minimum absolute atomic E-state index is 0.664. The molecule has 1 rings (SSSR count). The molecule has 2 nitrogen and oxygen atoms in total. The Morgan fingerprint density at radius 3 is 2.75 bits per heavy atom. The quantitative estimate of drug-likeness (QED) is 0.575. The summed E-state index contributed by atoms with van der Waals surface area (Å²) in [7, 11) is 0. The third kappa shape index (κ3) is 0.869. The highest BCUT2D eigenvalue weighted by atomic mass is 32.1. The summed E-state index contributed by atoms with van der Waals surface area (Å²) >= 11 is 1.36. The molecule has 1 heterocycles. The van der Waals surface area contributed by atoms with Gasteiger partial charge in [-0.05, 0) is 6.07 Å². The predicted molar refractivity (Wildman–Crippen MR) is 34.1 cm³/mol. The normalized spacial score (nSPS) is 9.00. The van der Waals surface area contributed by atoms with Crippen LogP contribution >= 0.6 is 11.3 Å². The molecule has 0 aliphatic rings. The van der Waals surface area contributed by atoms with E-state index in [0.29, 0.717) is 10.6 Å². The number of nitrogen functional groups attached to an aromatic ring is 1. The molecule has 0 amide bonds. The molecule has 0 spiro atoms. The maximum absolute atomic E-state index is 9.97. The molecule has 0 unspecified atom stereocenters. The summed E-state index contributed by atoms with van der Waals surface area (Å²) < 4.78 is 0. The van der Waals surface area contributed by atoms with Crippen LogP contribution in [0.4, 0.5) is 5.69 Å². The number of rotatable bonds is 1. The maximum Gasteiger partial charge on any atom is 0.160 e. The fourth-order valence-corrected chi connectivity index (χ4v) is 1.03. The van der Waals surface area contributed by atoms with E-state index in [4.69, 9.17) is 5.73 Å². The molecule has 0 bridgehead atoms. The number of hydrogen-bond donors (Lipinski definition) is 1. The predicted octanol–water partition coefficient (Wildman–Crippen LogP) is 1.14. The minimum atomic E-state index is 0.664. The second kappa shape index (κ2) is 1.96. The first-order valence-corrected chi connectivity index (χ1v) is 3.00. The van der Waals surface area contributed by atoms with E-state index < -0.39 is 0 Å². The Balaban J connectivity index is 3.00. The highest BCUT2D eigenvalue weighted by Crippen LogP contribution is 2.12. The van der Waals surface area contributed by atoms with Gasteiger partial charge in [0.15, 0.2) is 6.29 Å². The lowest BCUT2D eigenvalue weighted by Crippen LogP contribution is -1.76. The van der Waals surface area contributed by atoms with Gasteiger partial charge in [0.2, 0.25) is 0 Å². The smallest absolute Gasteiger partial charge is 0.160 e. The zero-order chi connectivity index (χ0) is 5.98. The van der Waals surface area contributed by atoms with Crippen LogP contribution in [0.15, 0.2) is 11.4 Å². The number of carbonyl (C=O) groups is 1. The van der Waals surface area contributed by atoms with Gasteiger partial charge in [-0.2, -0.15) is 0 Å². The van der Waals surface area contributed by atoms with Gasteiger partial charge in [-0.25, -0.2) is 0 Å². The standard InChI is InChI=1S/C5H5NOS/c6-4-1-5(2-7)8-3-4/h1-3H,6H2. The summed E-state index contributed by atoms with van der Waals surface area (Å²) in [5.74, 6) is 0. The average molecular weight is 127 g/mol. The Morgan fingerprint density at radius 2 is 2.50 bits per heavy atom. The highest BCUT2D eigenvalue weighted by Gasteiger charge is 1.90. The summed E-state index contributed by atoms with van der Waals surface area (Å²) in [5, 5.41) is 1.74. The van der Waals surface area contributed by atoms with Crippen LogP contribution in [-0.2, 0) is 0 Å². The lowest BCUT2D eigenvalue weighted by Gasteiger charge is -1.71. The molecule has 42 valence electrons. The Labute approximate surface area is 50.9 Å². The van der Waals surface area contributed by atoms with Crippen molar-refractivity contribution in [1.82, 2.24) is 0 Å². The van der Waals surface area contributed by atoms with Crippen molar-refractivity contribution in [2.45, 2.75) is 0 Å². The third-order valence-electron chi connectivity index (χ3n) is 0.756. The Morgan fingerprint density at radius 1 is 1.75 bits per heavy atom. The van der Waals surface area contributed by atoms with Gasteiger partial charge in [-0.1, -0.05) is 0 Å². The topological polar surface area (TPSA) is 43.1 Å². The van der Waals surface area contributed by atoms with Gasteiger partial charge in [-0.3, -0.25) is 4.79 Å².